The van der Waals surface area contributed by atoms with Gasteiger partial charge in [0, 0.05) is 43.1 Å². The van der Waals surface area contributed by atoms with Crippen LogP contribution in [-0.2, 0) is 21.2 Å². The third kappa shape index (κ3) is 5.34. The Morgan fingerprint density at radius 1 is 1.13 bits per heavy atom. The number of aryl methyl sites for hydroxylation is 3. The molecule has 1 aromatic heterocycles. The van der Waals surface area contributed by atoms with Gasteiger partial charge < -0.3 is 15.2 Å². The second-order valence-electron chi connectivity index (χ2n) is 7.83. The number of sulfonamides is 1. The zero-order valence-electron chi connectivity index (χ0n) is 18.2. The zero-order chi connectivity index (χ0) is 22.6. The van der Waals surface area contributed by atoms with Crippen molar-refractivity contribution >= 4 is 27.5 Å². The van der Waals surface area contributed by atoms with E-state index in [4.69, 9.17) is 0 Å². The molecule has 8 nitrogen and oxygen atoms in total. The normalized spacial score (nSPS) is 14.1. The lowest BCUT2D eigenvalue weighted by Gasteiger charge is -2.17. The highest BCUT2D eigenvalue weighted by Gasteiger charge is 2.32. The van der Waals surface area contributed by atoms with Crippen LogP contribution in [0.5, 0.6) is 0 Å². The van der Waals surface area contributed by atoms with Crippen molar-refractivity contribution in [1.29, 1.82) is 0 Å². The van der Waals surface area contributed by atoms with Crippen molar-refractivity contribution in [2.45, 2.75) is 51.3 Å². The number of hydrogen-bond donors (Lipinski definition) is 3. The number of hydrogen-bond acceptors (Lipinski definition) is 4. The van der Waals surface area contributed by atoms with Crippen LogP contribution in [0.3, 0.4) is 0 Å². The van der Waals surface area contributed by atoms with E-state index in [0.29, 0.717) is 30.2 Å². The van der Waals surface area contributed by atoms with Gasteiger partial charge in [-0.05, 0) is 50.8 Å². The first-order chi connectivity index (χ1) is 14.7. The Morgan fingerprint density at radius 3 is 2.52 bits per heavy atom. The standard InChI is InChI=1S/C22H30N4O4S/c1-4-17-8-7-9-18(14-17)25-19(27)10-11-23-31(29,30)21-16(3)24-15(2)20(21)22(28)26-12-5-6-13-26/h7-9,14,23-24H,4-6,10-13H2,1-3H3,(H,25,27). The number of anilines is 1. The lowest BCUT2D eigenvalue weighted by molar-refractivity contribution is -0.116. The first kappa shape index (κ1) is 23.0. The van der Waals surface area contributed by atoms with E-state index in [0.717, 1.165) is 24.8 Å². The summed E-state index contributed by atoms with van der Waals surface area (Å²) >= 11 is 0. The van der Waals surface area contributed by atoms with Crippen molar-refractivity contribution in [3.8, 4) is 0 Å². The summed E-state index contributed by atoms with van der Waals surface area (Å²) in [6.07, 6.45) is 2.68. The summed E-state index contributed by atoms with van der Waals surface area (Å²) in [5.41, 5.74) is 2.92. The van der Waals surface area contributed by atoms with Crippen LogP contribution >= 0.6 is 0 Å². The van der Waals surface area contributed by atoms with Gasteiger partial charge in [0.05, 0.1) is 5.56 Å². The van der Waals surface area contributed by atoms with Crippen molar-refractivity contribution in [3.05, 3.63) is 46.8 Å². The molecule has 0 atom stereocenters. The third-order valence-electron chi connectivity index (χ3n) is 5.46. The van der Waals surface area contributed by atoms with Gasteiger partial charge in [-0.3, -0.25) is 9.59 Å². The van der Waals surface area contributed by atoms with Crippen molar-refractivity contribution < 1.29 is 18.0 Å². The van der Waals surface area contributed by atoms with Gasteiger partial charge >= 0.3 is 0 Å². The topological polar surface area (TPSA) is 111 Å². The fourth-order valence-corrected chi connectivity index (χ4v) is 5.37. The number of benzene rings is 1. The van der Waals surface area contributed by atoms with E-state index in [1.54, 1.807) is 24.8 Å². The van der Waals surface area contributed by atoms with Crippen LogP contribution in [0.1, 0.15) is 53.5 Å². The lowest BCUT2D eigenvalue weighted by Crippen LogP contribution is -2.32. The quantitative estimate of drug-likeness (QED) is 0.579. The van der Waals surface area contributed by atoms with Crippen LogP contribution in [0.25, 0.3) is 0 Å². The summed E-state index contributed by atoms with van der Waals surface area (Å²) in [6, 6.07) is 7.53. The molecule has 0 radical (unpaired) electrons. The van der Waals surface area contributed by atoms with E-state index in [-0.39, 0.29) is 35.2 Å². The molecular formula is C22H30N4O4S. The van der Waals surface area contributed by atoms with Gasteiger partial charge in [0.2, 0.25) is 15.9 Å². The second kappa shape index (κ2) is 9.65. The van der Waals surface area contributed by atoms with Gasteiger partial charge in [-0.25, -0.2) is 13.1 Å². The number of likely N-dealkylation sites (tertiary alicyclic amines) is 1. The first-order valence-electron chi connectivity index (χ1n) is 10.6. The van der Waals surface area contributed by atoms with Gasteiger partial charge in [0.25, 0.3) is 5.91 Å². The van der Waals surface area contributed by atoms with Crippen LogP contribution < -0.4 is 10.0 Å². The number of nitrogens with zero attached hydrogens (tertiary/aromatic N) is 1. The molecule has 0 saturated carbocycles. The molecule has 168 valence electrons. The van der Waals surface area contributed by atoms with Gasteiger partial charge in [-0.1, -0.05) is 19.1 Å². The number of rotatable bonds is 8. The van der Waals surface area contributed by atoms with Gasteiger partial charge in [-0.15, -0.1) is 0 Å². The minimum atomic E-state index is -3.96. The predicted molar refractivity (Wildman–Crippen MR) is 120 cm³/mol. The molecule has 3 N–H and O–H groups in total. The molecule has 1 aromatic carbocycles. The molecule has 0 aliphatic carbocycles. The summed E-state index contributed by atoms with van der Waals surface area (Å²) in [5.74, 6) is -0.556. The number of carbonyl (C=O) groups is 2. The van der Waals surface area contributed by atoms with Crippen LogP contribution in [0, 0.1) is 13.8 Å². The number of nitrogens with one attached hydrogen (secondary N) is 3. The van der Waals surface area contributed by atoms with Crippen LogP contribution in [0.15, 0.2) is 29.2 Å². The molecule has 1 aliphatic heterocycles. The second-order valence-corrected chi connectivity index (χ2v) is 9.53. The highest BCUT2D eigenvalue weighted by molar-refractivity contribution is 7.89. The minimum absolute atomic E-state index is 0.0204. The molecule has 0 spiro atoms. The summed E-state index contributed by atoms with van der Waals surface area (Å²) in [4.78, 5) is 29.8. The first-order valence-corrected chi connectivity index (χ1v) is 12.1. The molecule has 9 heteroatoms. The zero-order valence-corrected chi connectivity index (χ0v) is 19.1. The highest BCUT2D eigenvalue weighted by atomic mass is 32.2. The van der Waals surface area contributed by atoms with E-state index in [9.17, 15) is 18.0 Å². The average Bonchev–Trinajstić information content (AvgIpc) is 3.35. The molecule has 31 heavy (non-hydrogen) atoms. The van der Waals surface area contributed by atoms with Crippen molar-refractivity contribution in [2.24, 2.45) is 0 Å². The summed E-state index contributed by atoms with van der Waals surface area (Å²) in [6.45, 7) is 6.57. The van der Waals surface area contributed by atoms with Crippen molar-refractivity contribution in [2.75, 3.05) is 25.0 Å². The van der Waals surface area contributed by atoms with Crippen LogP contribution in [0.4, 0.5) is 5.69 Å². The number of aromatic nitrogens is 1. The average molecular weight is 447 g/mol. The summed E-state index contributed by atoms with van der Waals surface area (Å²) < 4.78 is 28.5. The van der Waals surface area contributed by atoms with E-state index in [1.165, 1.54) is 0 Å². The van der Waals surface area contributed by atoms with Crippen LogP contribution in [0.2, 0.25) is 0 Å². The van der Waals surface area contributed by atoms with Gasteiger partial charge in [-0.2, -0.15) is 0 Å². The molecule has 1 saturated heterocycles. The molecule has 2 heterocycles. The molecule has 1 aliphatic rings. The predicted octanol–water partition coefficient (Wildman–Crippen LogP) is 2.74. The Hall–Kier alpha value is -2.65. The molecule has 2 aromatic rings. The van der Waals surface area contributed by atoms with Crippen molar-refractivity contribution in [1.82, 2.24) is 14.6 Å². The SMILES string of the molecule is CCc1cccc(NC(=O)CCNS(=O)(=O)c2c(C)[nH]c(C)c2C(=O)N2CCCC2)c1. The van der Waals surface area contributed by atoms with E-state index in [2.05, 4.69) is 15.0 Å². The Kier molecular flexibility index (Phi) is 7.17. The smallest absolute Gasteiger partial charge is 0.257 e. The minimum Gasteiger partial charge on any atom is -0.361 e. The fraction of sp³-hybridized carbons (Fsp3) is 0.455. The molecule has 3 rings (SSSR count). The Bertz CT molecular complexity index is 1070. The monoisotopic (exact) mass is 446 g/mol. The van der Waals surface area contributed by atoms with E-state index < -0.39 is 10.0 Å². The maximum absolute atomic E-state index is 13.0. The molecule has 1 fully saturated rings. The Morgan fingerprint density at radius 2 is 1.84 bits per heavy atom. The number of H-pyrrole nitrogens is 1. The fourth-order valence-electron chi connectivity index (χ4n) is 3.89. The maximum Gasteiger partial charge on any atom is 0.257 e. The number of carbonyl (C=O) groups excluding carboxylic acids is 2. The summed E-state index contributed by atoms with van der Waals surface area (Å²) in [5, 5.41) is 2.78. The molecular weight excluding hydrogens is 416 g/mol. The largest absolute Gasteiger partial charge is 0.361 e. The third-order valence-corrected chi connectivity index (χ3v) is 7.09. The van der Waals surface area contributed by atoms with E-state index >= 15 is 0 Å². The lowest BCUT2D eigenvalue weighted by atomic mass is 10.1. The van der Waals surface area contributed by atoms with Crippen molar-refractivity contribution in [3.63, 3.8) is 0 Å². The Balaban J connectivity index is 1.67. The summed E-state index contributed by atoms with van der Waals surface area (Å²) in [7, 11) is -3.96. The van der Waals surface area contributed by atoms with Gasteiger partial charge in [0.15, 0.2) is 0 Å². The molecule has 0 bridgehead atoms. The van der Waals surface area contributed by atoms with Gasteiger partial charge in [0.1, 0.15) is 4.90 Å². The van der Waals surface area contributed by atoms with Crippen LogP contribution in [-0.4, -0.2) is 49.8 Å². The number of amides is 2. The molecule has 2 amide bonds. The molecule has 0 unspecified atom stereocenters. The Labute approximate surface area is 183 Å². The van der Waals surface area contributed by atoms with E-state index in [1.807, 2.05) is 25.1 Å². The maximum atomic E-state index is 13.0. The highest BCUT2D eigenvalue weighted by Crippen LogP contribution is 2.26. The number of aromatic amines is 1.